The lowest BCUT2D eigenvalue weighted by atomic mass is 9.79. The van der Waals surface area contributed by atoms with Gasteiger partial charge in [0.1, 0.15) is 17.2 Å². The van der Waals surface area contributed by atoms with E-state index in [0.717, 1.165) is 0 Å². The lowest BCUT2D eigenvalue weighted by molar-refractivity contribution is -0.223. The highest BCUT2D eigenvalue weighted by atomic mass is 16.8. The standard InChI is InChI=1S/C19H28N2O8/c1-18(2,3)27-16(24)26-15-11(9-22)10-7-8-20(13-12(10)21(15)14(13)23)29-17(25)28-19(4,5)6/h10,12-13,22H,7-9H2,1-6H3/t10?,12-,13+/m1/s1. The summed E-state index contributed by atoms with van der Waals surface area (Å²) in [5.74, 6) is -0.569. The van der Waals surface area contributed by atoms with Crippen LogP contribution in [-0.4, -0.2) is 69.7 Å². The fraction of sp³-hybridized carbons (Fsp3) is 0.737. The number of rotatable bonds is 3. The Morgan fingerprint density at radius 3 is 2.21 bits per heavy atom. The van der Waals surface area contributed by atoms with Crippen LogP contribution >= 0.6 is 0 Å². The highest BCUT2D eigenvalue weighted by Crippen LogP contribution is 2.49. The molecular formula is C19H28N2O8. The number of aliphatic hydroxyl groups excluding tert-OH is 1. The van der Waals surface area contributed by atoms with Crippen LogP contribution < -0.4 is 0 Å². The van der Waals surface area contributed by atoms with Crippen LogP contribution in [0.1, 0.15) is 48.0 Å². The van der Waals surface area contributed by atoms with Gasteiger partial charge in [-0.25, -0.2) is 9.59 Å². The Bertz CT molecular complexity index is 748. The molecule has 3 heterocycles. The summed E-state index contributed by atoms with van der Waals surface area (Å²) in [5, 5.41) is 11.1. The molecule has 3 rings (SSSR count). The van der Waals surface area contributed by atoms with Gasteiger partial charge in [-0.15, -0.1) is 5.06 Å². The third kappa shape index (κ3) is 4.18. The van der Waals surface area contributed by atoms with Crippen molar-refractivity contribution in [2.75, 3.05) is 13.2 Å². The minimum Gasteiger partial charge on any atom is -0.428 e. The van der Waals surface area contributed by atoms with E-state index in [1.54, 1.807) is 41.5 Å². The second-order valence-electron chi connectivity index (χ2n) is 9.29. The number of piperidine rings is 1. The number of hydrogen-bond donors (Lipinski definition) is 1. The molecule has 0 aromatic carbocycles. The lowest BCUT2D eigenvalue weighted by Gasteiger charge is -2.51. The summed E-state index contributed by atoms with van der Waals surface area (Å²) in [6.07, 6.45) is -1.33. The minimum absolute atomic E-state index is 0.0112. The molecule has 10 nitrogen and oxygen atoms in total. The number of hydroxylamine groups is 2. The van der Waals surface area contributed by atoms with Crippen LogP contribution in [0.25, 0.3) is 0 Å². The number of nitrogens with zero attached hydrogens (tertiary/aromatic N) is 2. The molecule has 1 unspecified atom stereocenters. The Balaban J connectivity index is 1.73. The summed E-state index contributed by atoms with van der Waals surface area (Å²) in [4.78, 5) is 43.5. The van der Waals surface area contributed by atoms with Crippen LogP contribution in [0.5, 0.6) is 0 Å². The number of carbonyl (C=O) groups excluding carboxylic acids is 3. The van der Waals surface area contributed by atoms with Gasteiger partial charge in [0, 0.05) is 18.0 Å². The van der Waals surface area contributed by atoms with Crippen LogP contribution in [0, 0.1) is 5.92 Å². The van der Waals surface area contributed by atoms with Gasteiger partial charge in [0.15, 0.2) is 0 Å². The quantitative estimate of drug-likeness (QED) is 0.548. The van der Waals surface area contributed by atoms with Crippen LogP contribution in [0.3, 0.4) is 0 Å². The van der Waals surface area contributed by atoms with Gasteiger partial charge >= 0.3 is 12.3 Å². The Morgan fingerprint density at radius 1 is 1.07 bits per heavy atom. The van der Waals surface area contributed by atoms with Crippen molar-refractivity contribution in [2.45, 2.75) is 71.2 Å². The third-order valence-electron chi connectivity index (χ3n) is 4.76. The molecule has 1 N–H and O–H groups in total. The van der Waals surface area contributed by atoms with E-state index in [4.69, 9.17) is 19.0 Å². The number of amides is 1. The summed E-state index contributed by atoms with van der Waals surface area (Å²) in [7, 11) is 0. The van der Waals surface area contributed by atoms with E-state index in [1.807, 2.05) is 0 Å². The van der Waals surface area contributed by atoms with E-state index in [0.29, 0.717) is 12.0 Å². The molecule has 162 valence electrons. The van der Waals surface area contributed by atoms with Gasteiger partial charge in [0.2, 0.25) is 5.88 Å². The first kappa shape index (κ1) is 21.4. The number of ether oxygens (including phenoxy) is 3. The molecule has 2 saturated heterocycles. The second-order valence-corrected chi connectivity index (χ2v) is 9.29. The van der Waals surface area contributed by atoms with Gasteiger partial charge in [-0.3, -0.25) is 9.69 Å². The number of hydrogen-bond acceptors (Lipinski definition) is 9. The van der Waals surface area contributed by atoms with Crippen LogP contribution in [-0.2, 0) is 23.8 Å². The van der Waals surface area contributed by atoms with E-state index in [1.165, 1.54) is 9.96 Å². The summed E-state index contributed by atoms with van der Waals surface area (Å²) < 4.78 is 15.6. The van der Waals surface area contributed by atoms with Gasteiger partial charge in [-0.2, -0.15) is 0 Å². The molecule has 0 radical (unpaired) electrons. The molecule has 3 atom stereocenters. The molecule has 0 aliphatic carbocycles. The third-order valence-corrected chi connectivity index (χ3v) is 4.76. The minimum atomic E-state index is -0.949. The monoisotopic (exact) mass is 412 g/mol. The predicted molar refractivity (Wildman–Crippen MR) is 98.0 cm³/mol. The van der Waals surface area contributed by atoms with Gasteiger partial charge in [0.25, 0.3) is 5.91 Å². The molecule has 3 aliphatic rings. The summed E-state index contributed by atoms with van der Waals surface area (Å²) in [5.41, 5.74) is -1.02. The second kappa shape index (κ2) is 7.17. The van der Waals surface area contributed by atoms with Gasteiger partial charge < -0.3 is 24.2 Å². The SMILES string of the molecule is CC(C)(C)OC(=O)OC1=C(CO)C2CCN(OC(=O)OC(C)(C)C)[C@@H]3C(=O)N1[C@H]23. The van der Waals surface area contributed by atoms with Crippen molar-refractivity contribution in [3.8, 4) is 0 Å². The number of β-lactam (4-membered cyclic amide) rings is 1. The van der Waals surface area contributed by atoms with E-state index in [2.05, 4.69) is 0 Å². The van der Waals surface area contributed by atoms with E-state index in [-0.39, 0.29) is 30.9 Å². The van der Waals surface area contributed by atoms with Crippen molar-refractivity contribution in [2.24, 2.45) is 5.92 Å². The normalized spacial score (nSPS) is 26.7. The van der Waals surface area contributed by atoms with Crippen molar-refractivity contribution in [3.63, 3.8) is 0 Å². The molecule has 0 aromatic heterocycles. The summed E-state index contributed by atoms with van der Waals surface area (Å²) in [6.45, 7) is 10.2. The molecule has 0 spiro atoms. The molecule has 0 saturated carbocycles. The van der Waals surface area contributed by atoms with Crippen molar-refractivity contribution in [3.05, 3.63) is 11.5 Å². The maximum Gasteiger partial charge on any atom is 0.528 e. The largest absolute Gasteiger partial charge is 0.528 e. The highest BCUT2D eigenvalue weighted by Gasteiger charge is 2.64. The molecule has 1 amide bonds. The van der Waals surface area contributed by atoms with Crippen LogP contribution in [0.15, 0.2) is 11.5 Å². The lowest BCUT2D eigenvalue weighted by Crippen LogP contribution is -2.72. The zero-order valence-corrected chi connectivity index (χ0v) is 17.6. The highest BCUT2D eigenvalue weighted by molar-refractivity contribution is 5.93. The zero-order chi connectivity index (χ0) is 21.7. The van der Waals surface area contributed by atoms with Crippen molar-refractivity contribution >= 4 is 18.2 Å². The fourth-order valence-electron chi connectivity index (χ4n) is 3.81. The predicted octanol–water partition coefficient (Wildman–Crippen LogP) is 1.92. The van der Waals surface area contributed by atoms with Crippen LogP contribution in [0.4, 0.5) is 9.59 Å². The van der Waals surface area contributed by atoms with Crippen LogP contribution in [0.2, 0.25) is 0 Å². The van der Waals surface area contributed by atoms with Gasteiger partial charge in [0.05, 0.1) is 12.6 Å². The molecule has 0 bridgehead atoms. The average molecular weight is 412 g/mol. The summed E-state index contributed by atoms with van der Waals surface area (Å²) >= 11 is 0. The molecular weight excluding hydrogens is 384 g/mol. The Hall–Kier alpha value is -2.33. The van der Waals surface area contributed by atoms with Gasteiger partial charge in [-0.05, 0) is 48.0 Å². The van der Waals surface area contributed by atoms with Crippen molar-refractivity contribution < 1.29 is 38.5 Å². The van der Waals surface area contributed by atoms with E-state index >= 15 is 0 Å². The van der Waals surface area contributed by atoms with Crippen molar-refractivity contribution in [1.29, 1.82) is 0 Å². The Morgan fingerprint density at radius 2 is 1.66 bits per heavy atom. The number of carbonyl (C=O) groups is 3. The molecule has 3 aliphatic heterocycles. The van der Waals surface area contributed by atoms with E-state index in [9.17, 15) is 19.5 Å². The first-order valence-corrected chi connectivity index (χ1v) is 9.58. The maximum atomic E-state index is 12.8. The fourth-order valence-corrected chi connectivity index (χ4v) is 3.81. The van der Waals surface area contributed by atoms with Gasteiger partial charge in [-0.1, -0.05) is 0 Å². The Labute approximate surface area is 169 Å². The first-order valence-electron chi connectivity index (χ1n) is 9.58. The Kier molecular flexibility index (Phi) is 5.29. The first-order chi connectivity index (χ1) is 13.3. The topological polar surface area (TPSA) is 115 Å². The molecule has 0 aromatic rings. The molecule has 29 heavy (non-hydrogen) atoms. The molecule has 10 heteroatoms. The molecule has 2 fully saturated rings. The number of aliphatic hydroxyl groups is 1. The van der Waals surface area contributed by atoms with Crippen molar-refractivity contribution in [1.82, 2.24) is 9.96 Å². The maximum absolute atomic E-state index is 12.8. The average Bonchev–Trinajstić information content (AvgIpc) is 2.80. The summed E-state index contributed by atoms with van der Waals surface area (Å²) in [6, 6.07) is -1.11. The zero-order valence-electron chi connectivity index (χ0n) is 17.6. The smallest absolute Gasteiger partial charge is 0.428 e. The van der Waals surface area contributed by atoms with E-state index < -0.39 is 35.6 Å².